The van der Waals surface area contributed by atoms with Crippen LogP contribution in [0.4, 0.5) is 5.69 Å². The third-order valence-electron chi connectivity index (χ3n) is 3.29. The quantitative estimate of drug-likeness (QED) is 0.567. The summed E-state index contributed by atoms with van der Waals surface area (Å²) in [5.74, 6) is 0.462. The molecule has 0 saturated carbocycles. The number of aromatic nitrogens is 4. The molecule has 20 heavy (non-hydrogen) atoms. The Balaban J connectivity index is 2.36. The standard InChI is InChI=1S/C13H14ClN5O/c1-2-4-18-7-9-10(13(18)20)11(15)8-6-16-19(5-3-14)12(8)17-9/h2,6-7,16H,1,3-5,15H2. The summed E-state index contributed by atoms with van der Waals surface area (Å²) in [5, 5.41) is 4.23. The zero-order valence-electron chi connectivity index (χ0n) is 10.8. The molecule has 0 aliphatic heterocycles. The van der Waals surface area contributed by atoms with Gasteiger partial charge in [-0.25, -0.2) is 4.98 Å². The topological polar surface area (TPSA) is 81.6 Å². The van der Waals surface area contributed by atoms with Gasteiger partial charge in [0.15, 0.2) is 5.65 Å². The molecule has 0 fully saturated rings. The molecule has 7 heteroatoms. The zero-order chi connectivity index (χ0) is 14.3. The Morgan fingerprint density at radius 2 is 2.35 bits per heavy atom. The van der Waals surface area contributed by atoms with Gasteiger partial charge in [0.2, 0.25) is 0 Å². The molecule has 0 saturated heterocycles. The fourth-order valence-corrected chi connectivity index (χ4v) is 2.54. The highest BCUT2D eigenvalue weighted by atomic mass is 35.5. The smallest absolute Gasteiger partial charge is 0.262 e. The summed E-state index contributed by atoms with van der Waals surface area (Å²) >= 11 is 5.76. The van der Waals surface area contributed by atoms with E-state index in [-0.39, 0.29) is 5.56 Å². The zero-order valence-corrected chi connectivity index (χ0v) is 11.5. The van der Waals surface area contributed by atoms with Gasteiger partial charge in [-0.15, -0.1) is 18.2 Å². The summed E-state index contributed by atoms with van der Waals surface area (Å²) in [6.07, 6.45) is 5.11. The van der Waals surface area contributed by atoms with Crippen molar-refractivity contribution in [1.29, 1.82) is 0 Å². The molecule has 3 aromatic rings. The van der Waals surface area contributed by atoms with Crippen LogP contribution in [0.5, 0.6) is 0 Å². The molecule has 3 N–H and O–H groups in total. The van der Waals surface area contributed by atoms with Crippen LogP contribution in [-0.2, 0) is 13.1 Å². The third-order valence-corrected chi connectivity index (χ3v) is 3.46. The maximum absolute atomic E-state index is 12.3. The van der Waals surface area contributed by atoms with Gasteiger partial charge in [-0.05, 0) is 0 Å². The second-order valence-corrected chi connectivity index (χ2v) is 4.89. The number of alkyl halides is 1. The van der Waals surface area contributed by atoms with Crippen molar-refractivity contribution in [2.75, 3.05) is 11.6 Å². The molecule has 0 aliphatic rings. The lowest BCUT2D eigenvalue weighted by Gasteiger charge is -2.02. The summed E-state index contributed by atoms with van der Waals surface area (Å²) in [7, 11) is 0. The first-order valence-electron chi connectivity index (χ1n) is 6.20. The van der Waals surface area contributed by atoms with E-state index in [0.717, 1.165) is 5.39 Å². The largest absolute Gasteiger partial charge is 0.397 e. The second-order valence-electron chi connectivity index (χ2n) is 4.51. The number of hydrogen-bond donors (Lipinski definition) is 2. The fraction of sp³-hybridized carbons (Fsp3) is 0.231. The SMILES string of the molecule is C=CCn1cc2nc3c(c[nH]n3CCCl)c(N)c2c1=O. The highest BCUT2D eigenvalue weighted by Gasteiger charge is 2.15. The minimum Gasteiger partial charge on any atom is -0.397 e. The molecule has 0 atom stereocenters. The number of hydrogen-bond acceptors (Lipinski definition) is 3. The molecule has 0 bridgehead atoms. The predicted octanol–water partition coefficient (Wildman–Crippen LogP) is 1.69. The normalized spacial score (nSPS) is 11.4. The Labute approximate surface area is 119 Å². The Bertz CT molecular complexity index is 857. The Morgan fingerprint density at radius 3 is 3.05 bits per heavy atom. The lowest BCUT2D eigenvalue weighted by Crippen LogP contribution is -2.13. The van der Waals surface area contributed by atoms with Gasteiger partial charge in [0.1, 0.15) is 0 Å². The molecule has 3 rings (SSSR count). The predicted molar refractivity (Wildman–Crippen MR) is 81.2 cm³/mol. The van der Waals surface area contributed by atoms with Gasteiger partial charge in [0.25, 0.3) is 5.56 Å². The number of allylic oxidation sites excluding steroid dienone is 1. The number of pyridine rings is 1. The van der Waals surface area contributed by atoms with Crippen molar-refractivity contribution < 1.29 is 0 Å². The van der Waals surface area contributed by atoms with Crippen molar-refractivity contribution in [2.45, 2.75) is 13.1 Å². The van der Waals surface area contributed by atoms with Crippen LogP contribution in [-0.4, -0.2) is 25.2 Å². The first kappa shape index (κ1) is 12.8. The fourth-order valence-electron chi connectivity index (χ4n) is 2.37. The van der Waals surface area contributed by atoms with Crippen LogP contribution >= 0.6 is 11.6 Å². The van der Waals surface area contributed by atoms with Crippen molar-refractivity contribution >= 4 is 39.2 Å². The highest BCUT2D eigenvalue weighted by molar-refractivity contribution is 6.17. The molecule has 0 spiro atoms. The van der Waals surface area contributed by atoms with E-state index in [4.69, 9.17) is 17.3 Å². The summed E-state index contributed by atoms with van der Waals surface area (Å²) in [6.45, 7) is 4.67. The lowest BCUT2D eigenvalue weighted by atomic mass is 10.2. The molecular formula is C13H14ClN5O. The first-order valence-corrected chi connectivity index (χ1v) is 6.74. The number of H-pyrrole nitrogens is 1. The Hall–Kier alpha value is -2.21. The molecule has 0 radical (unpaired) electrons. The van der Waals surface area contributed by atoms with Crippen LogP contribution in [0.2, 0.25) is 0 Å². The molecule has 3 aromatic heterocycles. The monoisotopic (exact) mass is 291 g/mol. The molecule has 0 aromatic carbocycles. The maximum atomic E-state index is 12.3. The molecule has 0 amide bonds. The van der Waals surface area contributed by atoms with Crippen LogP contribution in [0.25, 0.3) is 21.9 Å². The van der Waals surface area contributed by atoms with Crippen LogP contribution < -0.4 is 11.3 Å². The third kappa shape index (κ3) is 1.72. The van der Waals surface area contributed by atoms with E-state index in [2.05, 4.69) is 16.7 Å². The Morgan fingerprint density at radius 1 is 1.55 bits per heavy atom. The highest BCUT2D eigenvalue weighted by Crippen LogP contribution is 2.26. The molecule has 104 valence electrons. The van der Waals surface area contributed by atoms with Crippen LogP contribution in [0.15, 0.2) is 29.8 Å². The summed E-state index contributed by atoms with van der Waals surface area (Å²) in [4.78, 5) is 16.8. The molecule has 3 heterocycles. The molecular weight excluding hydrogens is 278 g/mol. The number of anilines is 1. The van der Waals surface area contributed by atoms with Crippen molar-refractivity contribution in [2.24, 2.45) is 0 Å². The van der Waals surface area contributed by atoms with E-state index in [1.807, 2.05) is 4.68 Å². The van der Waals surface area contributed by atoms with Gasteiger partial charge >= 0.3 is 0 Å². The number of halogens is 1. The maximum Gasteiger partial charge on any atom is 0.262 e. The molecule has 6 nitrogen and oxygen atoms in total. The van der Waals surface area contributed by atoms with E-state index in [1.54, 1.807) is 23.0 Å². The molecule has 0 aliphatic carbocycles. The second kappa shape index (κ2) is 4.72. The van der Waals surface area contributed by atoms with Crippen molar-refractivity contribution in [3.05, 3.63) is 35.4 Å². The van der Waals surface area contributed by atoms with Crippen molar-refractivity contribution in [3.63, 3.8) is 0 Å². The van der Waals surface area contributed by atoms with Crippen LogP contribution in [0, 0.1) is 0 Å². The van der Waals surface area contributed by atoms with E-state index in [9.17, 15) is 4.79 Å². The van der Waals surface area contributed by atoms with Gasteiger partial charge in [0.05, 0.1) is 28.5 Å². The summed E-state index contributed by atoms with van der Waals surface area (Å²) in [5.41, 5.74) is 7.72. The molecule has 0 unspecified atom stereocenters. The number of fused-ring (bicyclic) bond motifs is 2. The van der Waals surface area contributed by atoms with Gasteiger partial charge < -0.3 is 15.4 Å². The minimum atomic E-state index is -0.142. The van der Waals surface area contributed by atoms with Crippen molar-refractivity contribution in [1.82, 2.24) is 19.3 Å². The van der Waals surface area contributed by atoms with Crippen molar-refractivity contribution in [3.8, 4) is 0 Å². The van der Waals surface area contributed by atoms with E-state index in [1.165, 1.54) is 0 Å². The number of aryl methyl sites for hydroxylation is 1. The summed E-state index contributed by atoms with van der Waals surface area (Å²) in [6, 6.07) is 0. The van der Waals surface area contributed by atoms with Crippen LogP contribution in [0.3, 0.4) is 0 Å². The van der Waals surface area contributed by atoms with Crippen LogP contribution in [0.1, 0.15) is 0 Å². The minimum absolute atomic E-state index is 0.142. The average molecular weight is 292 g/mol. The number of nitrogens with two attached hydrogens (primary N) is 1. The van der Waals surface area contributed by atoms with Gasteiger partial charge in [-0.3, -0.25) is 9.48 Å². The van der Waals surface area contributed by atoms with Gasteiger partial charge in [0, 0.05) is 24.8 Å². The average Bonchev–Trinajstić information content (AvgIpc) is 2.95. The lowest BCUT2D eigenvalue weighted by molar-refractivity contribution is 0.682. The number of rotatable bonds is 4. The van der Waals surface area contributed by atoms with E-state index in [0.29, 0.717) is 41.2 Å². The number of nitrogens with one attached hydrogen (secondary N) is 1. The van der Waals surface area contributed by atoms with E-state index < -0.39 is 0 Å². The van der Waals surface area contributed by atoms with E-state index >= 15 is 0 Å². The summed E-state index contributed by atoms with van der Waals surface area (Å²) < 4.78 is 3.36. The number of nitrogen functional groups attached to an aromatic ring is 1. The van der Waals surface area contributed by atoms with Gasteiger partial charge in [-0.2, -0.15) is 0 Å². The Kier molecular flexibility index (Phi) is 3.02. The van der Waals surface area contributed by atoms with Gasteiger partial charge in [-0.1, -0.05) is 6.08 Å². The number of aromatic amines is 1. The number of nitrogens with zero attached hydrogens (tertiary/aromatic N) is 3. The first-order chi connectivity index (χ1) is 9.67.